The molecule has 0 aromatic carbocycles. The van der Waals surface area contributed by atoms with Crippen LogP contribution in [0.4, 0.5) is 0 Å². The SMILES string of the molecule is CCn1nc(C)cc1CN1CCNCC1C1CCCCC1. The van der Waals surface area contributed by atoms with Crippen LogP contribution in [-0.4, -0.2) is 40.4 Å². The van der Waals surface area contributed by atoms with E-state index >= 15 is 0 Å². The van der Waals surface area contributed by atoms with Gasteiger partial charge in [0.15, 0.2) is 0 Å². The Labute approximate surface area is 128 Å². The fourth-order valence-corrected chi connectivity index (χ4v) is 4.16. The molecule has 1 saturated carbocycles. The van der Waals surface area contributed by atoms with Crippen molar-refractivity contribution in [3.8, 4) is 0 Å². The van der Waals surface area contributed by atoms with Gasteiger partial charge in [-0.3, -0.25) is 9.58 Å². The largest absolute Gasteiger partial charge is 0.314 e. The van der Waals surface area contributed by atoms with E-state index in [-0.39, 0.29) is 0 Å². The van der Waals surface area contributed by atoms with Crippen LogP contribution in [0.25, 0.3) is 0 Å². The molecular weight excluding hydrogens is 260 g/mol. The average molecular weight is 290 g/mol. The van der Waals surface area contributed by atoms with E-state index < -0.39 is 0 Å². The van der Waals surface area contributed by atoms with Gasteiger partial charge in [0.25, 0.3) is 0 Å². The maximum absolute atomic E-state index is 4.61. The van der Waals surface area contributed by atoms with Gasteiger partial charge in [0.05, 0.1) is 11.4 Å². The fraction of sp³-hybridized carbons (Fsp3) is 0.824. The van der Waals surface area contributed by atoms with Gasteiger partial charge in [0.1, 0.15) is 0 Å². The molecule has 3 rings (SSSR count). The second-order valence-corrected chi connectivity index (χ2v) is 6.73. The lowest BCUT2D eigenvalue weighted by atomic mass is 9.82. The van der Waals surface area contributed by atoms with Crippen LogP contribution in [-0.2, 0) is 13.1 Å². The molecule has 1 saturated heterocycles. The second-order valence-electron chi connectivity index (χ2n) is 6.73. The molecule has 1 aromatic heterocycles. The Morgan fingerprint density at radius 1 is 1.29 bits per heavy atom. The number of nitrogens with zero attached hydrogens (tertiary/aromatic N) is 3. The van der Waals surface area contributed by atoms with Gasteiger partial charge in [0, 0.05) is 38.8 Å². The van der Waals surface area contributed by atoms with Crippen LogP contribution in [0.15, 0.2) is 6.07 Å². The standard InChI is InChI=1S/C17H30N4/c1-3-21-16(11-14(2)19-21)13-20-10-9-18-12-17(20)15-7-5-4-6-8-15/h11,15,17-18H,3-10,12-13H2,1-2H3. The van der Waals surface area contributed by atoms with Crippen LogP contribution in [0.3, 0.4) is 0 Å². The van der Waals surface area contributed by atoms with Gasteiger partial charge in [-0.05, 0) is 38.7 Å². The summed E-state index contributed by atoms with van der Waals surface area (Å²) in [5.74, 6) is 0.894. The molecule has 0 bridgehead atoms. The summed E-state index contributed by atoms with van der Waals surface area (Å²) in [7, 11) is 0. The van der Waals surface area contributed by atoms with Gasteiger partial charge in [0.2, 0.25) is 0 Å². The summed E-state index contributed by atoms with van der Waals surface area (Å²) < 4.78 is 2.18. The monoisotopic (exact) mass is 290 g/mol. The van der Waals surface area contributed by atoms with Crippen molar-refractivity contribution in [3.05, 3.63) is 17.5 Å². The van der Waals surface area contributed by atoms with E-state index in [9.17, 15) is 0 Å². The summed E-state index contributed by atoms with van der Waals surface area (Å²) in [5, 5.41) is 8.22. The van der Waals surface area contributed by atoms with Gasteiger partial charge >= 0.3 is 0 Å². The molecule has 2 heterocycles. The van der Waals surface area contributed by atoms with Crippen molar-refractivity contribution in [2.75, 3.05) is 19.6 Å². The first-order valence-corrected chi connectivity index (χ1v) is 8.76. The highest BCUT2D eigenvalue weighted by molar-refractivity contribution is 5.09. The zero-order valence-corrected chi connectivity index (χ0v) is 13.6. The molecule has 21 heavy (non-hydrogen) atoms. The lowest BCUT2D eigenvalue weighted by Crippen LogP contribution is -2.54. The lowest BCUT2D eigenvalue weighted by molar-refractivity contribution is 0.0835. The third-order valence-electron chi connectivity index (χ3n) is 5.24. The summed E-state index contributed by atoms with van der Waals surface area (Å²) in [4.78, 5) is 2.72. The Balaban J connectivity index is 1.71. The van der Waals surface area contributed by atoms with Crippen molar-refractivity contribution in [1.82, 2.24) is 20.0 Å². The minimum Gasteiger partial charge on any atom is -0.314 e. The number of hydrogen-bond acceptors (Lipinski definition) is 3. The third-order valence-corrected chi connectivity index (χ3v) is 5.24. The van der Waals surface area contributed by atoms with Gasteiger partial charge < -0.3 is 5.32 Å². The van der Waals surface area contributed by atoms with E-state index in [1.165, 1.54) is 50.9 Å². The normalized spacial score (nSPS) is 25.3. The smallest absolute Gasteiger partial charge is 0.0597 e. The number of nitrogens with one attached hydrogen (secondary N) is 1. The van der Waals surface area contributed by atoms with Crippen LogP contribution in [0.1, 0.15) is 50.4 Å². The quantitative estimate of drug-likeness (QED) is 0.925. The Kier molecular flexibility index (Phi) is 4.96. The molecule has 118 valence electrons. The Morgan fingerprint density at radius 3 is 2.86 bits per heavy atom. The predicted octanol–water partition coefficient (Wildman–Crippen LogP) is 2.57. The van der Waals surface area contributed by atoms with Crippen LogP contribution >= 0.6 is 0 Å². The van der Waals surface area contributed by atoms with Crippen molar-refractivity contribution in [2.24, 2.45) is 5.92 Å². The molecular formula is C17H30N4. The Morgan fingerprint density at radius 2 is 2.10 bits per heavy atom. The molecule has 1 unspecified atom stereocenters. The third kappa shape index (κ3) is 3.49. The molecule has 4 heteroatoms. The van der Waals surface area contributed by atoms with E-state index in [4.69, 9.17) is 0 Å². The maximum atomic E-state index is 4.61. The Hall–Kier alpha value is -0.870. The number of rotatable bonds is 4. The zero-order valence-electron chi connectivity index (χ0n) is 13.6. The summed E-state index contributed by atoms with van der Waals surface area (Å²) in [5.41, 5.74) is 2.54. The average Bonchev–Trinajstić information content (AvgIpc) is 2.88. The van der Waals surface area contributed by atoms with Crippen LogP contribution in [0.2, 0.25) is 0 Å². The molecule has 1 aromatic rings. The van der Waals surface area contributed by atoms with E-state index in [0.717, 1.165) is 37.3 Å². The van der Waals surface area contributed by atoms with Crippen LogP contribution in [0, 0.1) is 12.8 Å². The first-order chi connectivity index (χ1) is 10.3. The Bertz CT molecular complexity index is 448. The van der Waals surface area contributed by atoms with E-state index in [0.29, 0.717) is 0 Å². The predicted molar refractivity (Wildman–Crippen MR) is 86.3 cm³/mol. The number of piperazine rings is 1. The van der Waals surface area contributed by atoms with Gasteiger partial charge in [-0.1, -0.05) is 19.3 Å². The topological polar surface area (TPSA) is 33.1 Å². The van der Waals surface area contributed by atoms with Crippen LogP contribution < -0.4 is 5.32 Å². The summed E-state index contributed by atoms with van der Waals surface area (Å²) in [6, 6.07) is 2.99. The molecule has 0 spiro atoms. The highest BCUT2D eigenvalue weighted by Crippen LogP contribution is 2.30. The first-order valence-electron chi connectivity index (χ1n) is 8.76. The molecule has 1 aliphatic heterocycles. The molecule has 1 atom stereocenters. The van der Waals surface area contributed by atoms with Crippen molar-refractivity contribution < 1.29 is 0 Å². The second kappa shape index (κ2) is 6.93. The van der Waals surface area contributed by atoms with Crippen molar-refractivity contribution in [1.29, 1.82) is 0 Å². The minimum atomic E-state index is 0.722. The van der Waals surface area contributed by atoms with Crippen LogP contribution in [0.5, 0.6) is 0 Å². The fourth-order valence-electron chi connectivity index (χ4n) is 4.16. The molecule has 2 aliphatic rings. The summed E-state index contributed by atoms with van der Waals surface area (Å²) in [6.45, 7) is 9.81. The van der Waals surface area contributed by atoms with Gasteiger partial charge in [-0.15, -0.1) is 0 Å². The number of aryl methyl sites for hydroxylation is 2. The molecule has 0 radical (unpaired) electrons. The lowest BCUT2D eigenvalue weighted by Gasteiger charge is -2.42. The van der Waals surface area contributed by atoms with Crippen molar-refractivity contribution in [2.45, 2.75) is 65.1 Å². The summed E-state index contributed by atoms with van der Waals surface area (Å²) in [6.07, 6.45) is 7.16. The van der Waals surface area contributed by atoms with Crippen molar-refractivity contribution in [3.63, 3.8) is 0 Å². The zero-order chi connectivity index (χ0) is 14.7. The van der Waals surface area contributed by atoms with E-state index in [1.807, 2.05) is 0 Å². The highest BCUT2D eigenvalue weighted by atomic mass is 15.3. The van der Waals surface area contributed by atoms with E-state index in [1.54, 1.807) is 0 Å². The molecule has 2 fully saturated rings. The summed E-state index contributed by atoms with van der Waals surface area (Å²) >= 11 is 0. The number of hydrogen-bond donors (Lipinski definition) is 1. The van der Waals surface area contributed by atoms with Crippen molar-refractivity contribution >= 4 is 0 Å². The van der Waals surface area contributed by atoms with E-state index in [2.05, 4.69) is 39.9 Å². The molecule has 0 amide bonds. The highest BCUT2D eigenvalue weighted by Gasteiger charge is 2.31. The minimum absolute atomic E-state index is 0.722. The molecule has 1 aliphatic carbocycles. The maximum Gasteiger partial charge on any atom is 0.0597 e. The van der Waals surface area contributed by atoms with Gasteiger partial charge in [-0.2, -0.15) is 5.10 Å². The number of aromatic nitrogens is 2. The molecule has 1 N–H and O–H groups in total. The van der Waals surface area contributed by atoms with Gasteiger partial charge in [-0.25, -0.2) is 0 Å². The first kappa shape index (κ1) is 15.0. The molecule has 4 nitrogen and oxygen atoms in total.